The van der Waals surface area contributed by atoms with E-state index in [4.69, 9.17) is 5.73 Å². The summed E-state index contributed by atoms with van der Waals surface area (Å²) in [6, 6.07) is 7.08. The van der Waals surface area contributed by atoms with Gasteiger partial charge in [-0.25, -0.2) is 4.39 Å². The van der Waals surface area contributed by atoms with Crippen LogP contribution >= 0.6 is 0 Å². The normalized spacial score (nSPS) is 15.1. The molecule has 0 saturated carbocycles. The Morgan fingerprint density at radius 1 is 1.25 bits per heavy atom. The van der Waals surface area contributed by atoms with Crippen molar-refractivity contribution in [2.24, 2.45) is 11.7 Å². The van der Waals surface area contributed by atoms with E-state index in [2.05, 4.69) is 25.8 Å². The van der Waals surface area contributed by atoms with Crippen LogP contribution < -0.4 is 5.73 Å². The van der Waals surface area contributed by atoms with Gasteiger partial charge in [-0.05, 0) is 44.1 Å². The number of nitrogens with zero attached hydrogens (tertiary/aromatic N) is 1. The highest BCUT2D eigenvalue weighted by atomic mass is 19.1. The van der Waals surface area contributed by atoms with Gasteiger partial charge >= 0.3 is 0 Å². The molecule has 0 spiro atoms. The lowest BCUT2D eigenvalue weighted by Gasteiger charge is -2.29. The van der Waals surface area contributed by atoms with Crippen LogP contribution in [0.15, 0.2) is 24.3 Å². The second-order valence-electron chi connectivity index (χ2n) is 4.50. The second kappa shape index (κ2) is 5.97. The highest BCUT2D eigenvalue weighted by Crippen LogP contribution is 2.12. The van der Waals surface area contributed by atoms with E-state index >= 15 is 0 Å². The van der Waals surface area contributed by atoms with Crippen molar-refractivity contribution in [2.75, 3.05) is 13.6 Å². The van der Waals surface area contributed by atoms with Crippen LogP contribution in [0.4, 0.5) is 4.39 Å². The molecule has 2 N–H and O–H groups in total. The highest BCUT2D eigenvalue weighted by molar-refractivity contribution is 5.15. The van der Waals surface area contributed by atoms with E-state index < -0.39 is 0 Å². The predicted molar refractivity (Wildman–Crippen MR) is 65.5 cm³/mol. The van der Waals surface area contributed by atoms with Gasteiger partial charge in [-0.3, -0.25) is 4.90 Å². The van der Waals surface area contributed by atoms with Crippen LogP contribution in [0, 0.1) is 11.7 Å². The Kier molecular flexibility index (Phi) is 4.90. The molecular formula is C13H21FN2. The Hall–Kier alpha value is -0.930. The first kappa shape index (κ1) is 13.1. The molecule has 0 aliphatic rings. The van der Waals surface area contributed by atoms with E-state index in [9.17, 15) is 4.39 Å². The summed E-state index contributed by atoms with van der Waals surface area (Å²) in [7, 11) is 2.07. The molecule has 1 aromatic carbocycles. The average molecular weight is 224 g/mol. The van der Waals surface area contributed by atoms with Crippen molar-refractivity contribution in [1.29, 1.82) is 0 Å². The third kappa shape index (κ3) is 3.58. The lowest BCUT2D eigenvalue weighted by molar-refractivity contribution is 0.194. The Bertz CT molecular complexity index is 310. The molecule has 2 atom stereocenters. The monoisotopic (exact) mass is 224 g/mol. The fourth-order valence-electron chi connectivity index (χ4n) is 1.65. The van der Waals surface area contributed by atoms with E-state index in [0.717, 1.165) is 12.1 Å². The molecule has 0 radical (unpaired) electrons. The number of benzene rings is 1. The summed E-state index contributed by atoms with van der Waals surface area (Å²) in [6.45, 7) is 5.83. The first-order valence-corrected chi connectivity index (χ1v) is 5.69. The lowest BCUT2D eigenvalue weighted by Crippen LogP contribution is -2.37. The summed E-state index contributed by atoms with van der Waals surface area (Å²) in [5, 5.41) is 0. The molecule has 0 heterocycles. The molecule has 0 saturated heterocycles. The van der Waals surface area contributed by atoms with Gasteiger partial charge in [0.25, 0.3) is 0 Å². The molecule has 0 bridgehead atoms. The van der Waals surface area contributed by atoms with Crippen molar-refractivity contribution >= 4 is 0 Å². The summed E-state index contributed by atoms with van der Waals surface area (Å²) in [5.74, 6) is 0.278. The van der Waals surface area contributed by atoms with E-state index in [0.29, 0.717) is 18.5 Å². The van der Waals surface area contributed by atoms with Crippen LogP contribution in [0.5, 0.6) is 0 Å². The van der Waals surface area contributed by atoms with Gasteiger partial charge < -0.3 is 5.73 Å². The maximum absolute atomic E-state index is 12.7. The number of hydrogen-bond acceptors (Lipinski definition) is 2. The molecule has 0 aromatic heterocycles. The van der Waals surface area contributed by atoms with Crippen LogP contribution in [0.1, 0.15) is 19.4 Å². The van der Waals surface area contributed by atoms with Crippen molar-refractivity contribution < 1.29 is 4.39 Å². The van der Waals surface area contributed by atoms with E-state index in [-0.39, 0.29) is 5.82 Å². The maximum Gasteiger partial charge on any atom is 0.123 e. The van der Waals surface area contributed by atoms with E-state index in [1.807, 2.05) is 12.1 Å². The Balaban J connectivity index is 2.56. The molecule has 90 valence electrons. The number of rotatable bonds is 5. The smallest absolute Gasteiger partial charge is 0.123 e. The van der Waals surface area contributed by atoms with Gasteiger partial charge in [0.2, 0.25) is 0 Å². The Morgan fingerprint density at radius 3 is 2.31 bits per heavy atom. The zero-order chi connectivity index (χ0) is 12.1. The quantitative estimate of drug-likeness (QED) is 0.831. The van der Waals surface area contributed by atoms with Crippen LogP contribution in [-0.4, -0.2) is 24.5 Å². The molecule has 16 heavy (non-hydrogen) atoms. The fourth-order valence-corrected chi connectivity index (χ4v) is 1.65. The van der Waals surface area contributed by atoms with Crippen molar-refractivity contribution in [3.05, 3.63) is 35.6 Å². The molecule has 0 amide bonds. The molecule has 2 nitrogen and oxygen atoms in total. The van der Waals surface area contributed by atoms with Gasteiger partial charge in [-0.1, -0.05) is 19.1 Å². The van der Waals surface area contributed by atoms with Gasteiger partial charge in [0, 0.05) is 12.6 Å². The number of hydrogen-bond donors (Lipinski definition) is 1. The second-order valence-corrected chi connectivity index (χ2v) is 4.50. The summed E-state index contributed by atoms with van der Waals surface area (Å²) in [6.07, 6.45) is 0. The third-order valence-electron chi connectivity index (χ3n) is 3.24. The number of nitrogens with two attached hydrogens (primary N) is 1. The minimum absolute atomic E-state index is 0.185. The first-order chi connectivity index (χ1) is 7.54. The molecular weight excluding hydrogens is 203 g/mol. The standard InChI is InChI=1S/C13H21FN2/c1-10(8-15)11(2)16(3)9-12-4-6-13(14)7-5-12/h4-7,10-11H,8-9,15H2,1-3H3. The van der Waals surface area contributed by atoms with Crippen LogP contribution in [-0.2, 0) is 6.54 Å². The van der Waals surface area contributed by atoms with Gasteiger partial charge in [0.05, 0.1) is 0 Å². The Labute approximate surface area is 97.3 Å². The molecule has 0 aliphatic heterocycles. The summed E-state index contributed by atoms with van der Waals surface area (Å²) in [4.78, 5) is 2.24. The predicted octanol–water partition coefficient (Wildman–Crippen LogP) is 2.24. The third-order valence-corrected chi connectivity index (χ3v) is 3.24. The SMILES string of the molecule is CC(CN)C(C)N(C)Cc1ccc(F)cc1. The minimum atomic E-state index is -0.185. The first-order valence-electron chi connectivity index (χ1n) is 5.69. The van der Waals surface area contributed by atoms with Gasteiger partial charge in [0.1, 0.15) is 5.82 Å². The Morgan fingerprint density at radius 2 is 1.81 bits per heavy atom. The van der Waals surface area contributed by atoms with Crippen LogP contribution in [0.3, 0.4) is 0 Å². The maximum atomic E-state index is 12.7. The summed E-state index contributed by atoms with van der Waals surface area (Å²) < 4.78 is 12.7. The van der Waals surface area contributed by atoms with Gasteiger partial charge in [-0.15, -0.1) is 0 Å². The van der Waals surface area contributed by atoms with Crippen LogP contribution in [0.2, 0.25) is 0 Å². The van der Waals surface area contributed by atoms with E-state index in [1.165, 1.54) is 12.1 Å². The molecule has 0 fully saturated rings. The average Bonchev–Trinajstić information content (AvgIpc) is 2.30. The van der Waals surface area contributed by atoms with E-state index in [1.54, 1.807) is 0 Å². The molecule has 3 heteroatoms. The van der Waals surface area contributed by atoms with Crippen LogP contribution in [0.25, 0.3) is 0 Å². The molecule has 0 aliphatic carbocycles. The van der Waals surface area contributed by atoms with Gasteiger partial charge in [0.15, 0.2) is 0 Å². The fraction of sp³-hybridized carbons (Fsp3) is 0.538. The largest absolute Gasteiger partial charge is 0.330 e. The topological polar surface area (TPSA) is 29.3 Å². The zero-order valence-electron chi connectivity index (χ0n) is 10.3. The lowest BCUT2D eigenvalue weighted by atomic mass is 10.0. The molecule has 2 unspecified atom stereocenters. The van der Waals surface area contributed by atoms with Crippen molar-refractivity contribution in [3.8, 4) is 0 Å². The van der Waals surface area contributed by atoms with Crippen molar-refractivity contribution in [3.63, 3.8) is 0 Å². The number of halogens is 1. The highest BCUT2D eigenvalue weighted by Gasteiger charge is 2.15. The molecule has 1 rings (SSSR count). The zero-order valence-corrected chi connectivity index (χ0v) is 10.3. The minimum Gasteiger partial charge on any atom is -0.330 e. The van der Waals surface area contributed by atoms with Crippen molar-refractivity contribution in [1.82, 2.24) is 4.90 Å². The van der Waals surface area contributed by atoms with Gasteiger partial charge in [-0.2, -0.15) is 0 Å². The summed E-state index contributed by atoms with van der Waals surface area (Å²) in [5.41, 5.74) is 6.77. The van der Waals surface area contributed by atoms with Crippen molar-refractivity contribution in [2.45, 2.75) is 26.4 Å². The summed E-state index contributed by atoms with van der Waals surface area (Å²) >= 11 is 0. The molecule has 1 aromatic rings.